The molecule has 1 N–H and O–H groups in total. The molecule has 0 unspecified atom stereocenters. The lowest BCUT2D eigenvalue weighted by atomic mass is 9.91. The fraction of sp³-hybridized carbons (Fsp3) is 0.857. The van der Waals surface area contributed by atoms with Crippen LogP contribution in [-0.2, 0) is 9.59 Å². The van der Waals surface area contributed by atoms with Crippen LogP contribution in [0, 0.1) is 5.41 Å². The largest absolute Gasteiger partial charge is 0.358 e. The molecule has 1 aliphatic heterocycles. The Morgan fingerprint density at radius 3 is 2.16 bits per heavy atom. The highest BCUT2D eigenvalue weighted by Crippen LogP contribution is 2.47. The van der Waals surface area contributed by atoms with Gasteiger partial charge < -0.3 is 10.2 Å². The van der Waals surface area contributed by atoms with Crippen molar-refractivity contribution < 1.29 is 9.59 Å². The van der Waals surface area contributed by atoms with Crippen molar-refractivity contribution in [1.82, 2.24) is 15.1 Å². The molecule has 3 fully saturated rings. The maximum Gasteiger partial charge on any atom is 0.238 e. The van der Waals surface area contributed by atoms with Gasteiger partial charge in [-0.05, 0) is 25.7 Å². The van der Waals surface area contributed by atoms with Crippen molar-refractivity contribution in [2.75, 3.05) is 33.2 Å². The third kappa shape index (κ3) is 2.14. The second-order valence-corrected chi connectivity index (χ2v) is 6.07. The third-order valence-corrected chi connectivity index (χ3v) is 5.01. The van der Waals surface area contributed by atoms with Gasteiger partial charge in [0.1, 0.15) is 5.41 Å². The number of nitrogens with one attached hydrogen (secondary N) is 1. The highest BCUT2D eigenvalue weighted by molar-refractivity contribution is 6.07. The number of carbonyl (C=O) groups excluding carboxylic acids is 2. The van der Waals surface area contributed by atoms with Crippen molar-refractivity contribution in [3.8, 4) is 0 Å². The van der Waals surface area contributed by atoms with E-state index in [9.17, 15) is 9.59 Å². The van der Waals surface area contributed by atoms with Crippen LogP contribution in [0.25, 0.3) is 0 Å². The summed E-state index contributed by atoms with van der Waals surface area (Å²) >= 11 is 0. The molecule has 0 aromatic heterocycles. The molecule has 3 aliphatic rings. The second kappa shape index (κ2) is 4.78. The monoisotopic (exact) mass is 265 g/mol. The van der Waals surface area contributed by atoms with E-state index in [1.807, 2.05) is 4.90 Å². The van der Waals surface area contributed by atoms with Crippen LogP contribution in [0.4, 0.5) is 0 Å². The van der Waals surface area contributed by atoms with E-state index in [2.05, 4.69) is 10.2 Å². The van der Waals surface area contributed by atoms with Gasteiger partial charge in [-0.1, -0.05) is 6.42 Å². The molecule has 19 heavy (non-hydrogen) atoms. The number of hydrogen-bond acceptors (Lipinski definition) is 3. The second-order valence-electron chi connectivity index (χ2n) is 6.07. The topological polar surface area (TPSA) is 52.7 Å². The number of rotatable bonds is 3. The van der Waals surface area contributed by atoms with Gasteiger partial charge in [0, 0.05) is 39.3 Å². The number of carbonyl (C=O) groups is 2. The average molecular weight is 265 g/mol. The molecule has 0 radical (unpaired) electrons. The summed E-state index contributed by atoms with van der Waals surface area (Å²) in [5, 5.41) is 2.64. The highest BCUT2D eigenvalue weighted by atomic mass is 16.2. The van der Waals surface area contributed by atoms with Crippen LogP contribution >= 0.6 is 0 Å². The zero-order valence-electron chi connectivity index (χ0n) is 11.7. The molecule has 3 rings (SSSR count). The molecule has 2 amide bonds. The van der Waals surface area contributed by atoms with Gasteiger partial charge in [-0.2, -0.15) is 0 Å². The van der Waals surface area contributed by atoms with E-state index in [0.717, 1.165) is 32.2 Å². The van der Waals surface area contributed by atoms with Crippen LogP contribution in [-0.4, -0.2) is 60.9 Å². The molecular formula is C14H23N3O2. The van der Waals surface area contributed by atoms with Gasteiger partial charge in [-0.25, -0.2) is 0 Å². The van der Waals surface area contributed by atoms with Gasteiger partial charge in [-0.15, -0.1) is 0 Å². The van der Waals surface area contributed by atoms with Gasteiger partial charge in [0.25, 0.3) is 0 Å². The maximum absolute atomic E-state index is 12.5. The molecule has 2 saturated carbocycles. The standard InChI is InChI=1S/C14H23N3O2/c1-15-12(18)14(5-6-14)13(19)17-9-7-16(8-10-17)11-3-2-4-11/h11H,2-10H2,1H3,(H,15,18). The van der Waals surface area contributed by atoms with Gasteiger partial charge in [0.2, 0.25) is 11.8 Å². The first-order valence-corrected chi connectivity index (χ1v) is 7.43. The van der Waals surface area contributed by atoms with E-state index in [4.69, 9.17) is 0 Å². The van der Waals surface area contributed by atoms with Gasteiger partial charge in [0.15, 0.2) is 0 Å². The first kappa shape index (κ1) is 12.9. The number of nitrogens with zero attached hydrogens (tertiary/aromatic N) is 2. The highest BCUT2D eigenvalue weighted by Gasteiger charge is 2.57. The van der Waals surface area contributed by atoms with Crippen LogP contribution in [0.15, 0.2) is 0 Å². The molecule has 2 aliphatic carbocycles. The summed E-state index contributed by atoms with van der Waals surface area (Å²) in [6, 6.07) is 0.756. The van der Waals surface area contributed by atoms with E-state index in [-0.39, 0.29) is 11.8 Å². The Bertz CT molecular complexity index is 380. The van der Waals surface area contributed by atoms with Gasteiger partial charge in [-0.3, -0.25) is 14.5 Å². The first-order chi connectivity index (χ1) is 9.17. The smallest absolute Gasteiger partial charge is 0.238 e. The fourth-order valence-electron chi connectivity index (χ4n) is 3.25. The van der Waals surface area contributed by atoms with Gasteiger partial charge >= 0.3 is 0 Å². The SMILES string of the molecule is CNC(=O)C1(C(=O)N2CCN(C3CCC3)CC2)CC1. The van der Waals surface area contributed by atoms with E-state index in [1.54, 1.807) is 7.05 Å². The lowest BCUT2D eigenvalue weighted by Crippen LogP contribution is -2.56. The van der Waals surface area contributed by atoms with Crippen molar-refractivity contribution in [1.29, 1.82) is 0 Å². The summed E-state index contributed by atoms with van der Waals surface area (Å²) in [5.41, 5.74) is -0.715. The Kier molecular flexibility index (Phi) is 3.25. The lowest BCUT2D eigenvalue weighted by Gasteiger charge is -2.43. The summed E-state index contributed by atoms with van der Waals surface area (Å²) in [4.78, 5) is 28.7. The summed E-state index contributed by atoms with van der Waals surface area (Å²) in [6.45, 7) is 3.52. The molecule has 0 atom stereocenters. The van der Waals surface area contributed by atoms with Crippen molar-refractivity contribution >= 4 is 11.8 Å². The molecular weight excluding hydrogens is 242 g/mol. The summed E-state index contributed by atoms with van der Waals surface area (Å²) < 4.78 is 0. The normalized spacial score (nSPS) is 26.7. The minimum Gasteiger partial charge on any atom is -0.358 e. The van der Waals surface area contributed by atoms with Crippen LogP contribution in [0.5, 0.6) is 0 Å². The Hall–Kier alpha value is -1.10. The summed E-state index contributed by atoms with van der Waals surface area (Å²) in [5.74, 6) is -0.0426. The Morgan fingerprint density at radius 2 is 1.74 bits per heavy atom. The van der Waals surface area contributed by atoms with E-state index >= 15 is 0 Å². The Balaban J connectivity index is 1.56. The van der Waals surface area contributed by atoms with E-state index in [0.29, 0.717) is 12.8 Å². The van der Waals surface area contributed by atoms with E-state index < -0.39 is 5.41 Å². The minimum atomic E-state index is -0.715. The number of hydrogen-bond donors (Lipinski definition) is 1. The fourth-order valence-corrected chi connectivity index (χ4v) is 3.25. The minimum absolute atomic E-state index is 0.0557. The van der Waals surface area contributed by atoms with Crippen molar-refractivity contribution in [2.24, 2.45) is 5.41 Å². The molecule has 5 heteroatoms. The first-order valence-electron chi connectivity index (χ1n) is 7.43. The predicted octanol–water partition coefficient (Wildman–Crippen LogP) is 0.209. The van der Waals surface area contributed by atoms with Crippen LogP contribution in [0.3, 0.4) is 0 Å². The predicted molar refractivity (Wildman–Crippen MR) is 71.5 cm³/mol. The molecule has 0 bridgehead atoms. The molecule has 0 aromatic rings. The Labute approximate surface area is 114 Å². The zero-order valence-corrected chi connectivity index (χ0v) is 11.7. The molecule has 0 spiro atoms. The average Bonchev–Trinajstić information content (AvgIpc) is 3.17. The Morgan fingerprint density at radius 1 is 1.11 bits per heavy atom. The quantitative estimate of drug-likeness (QED) is 0.742. The van der Waals surface area contributed by atoms with Gasteiger partial charge in [0.05, 0.1) is 0 Å². The van der Waals surface area contributed by atoms with Crippen LogP contribution < -0.4 is 5.32 Å². The number of amides is 2. The van der Waals surface area contributed by atoms with Crippen LogP contribution in [0.2, 0.25) is 0 Å². The molecule has 106 valence electrons. The molecule has 1 saturated heterocycles. The van der Waals surface area contributed by atoms with Crippen molar-refractivity contribution in [3.63, 3.8) is 0 Å². The maximum atomic E-state index is 12.5. The molecule has 5 nitrogen and oxygen atoms in total. The van der Waals surface area contributed by atoms with Crippen molar-refractivity contribution in [2.45, 2.75) is 38.1 Å². The lowest BCUT2D eigenvalue weighted by molar-refractivity contribution is -0.145. The van der Waals surface area contributed by atoms with E-state index in [1.165, 1.54) is 19.3 Å². The number of piperazine rings is 1. The van der Waals surface area contributed by atoms with Crippen molar-refractivity contribution in [3.05, 3.63) is 0 Å². The molecule has 0 aromatic carbocycles. The summed E-state index contributed by atoms with van der Waals surface area (Å²) in [7, 11) is 1.62. The summed E-state index contributed by atoms with van der Waals surface area (Å²) in [6.07, 6.45) is 5.42. The van der Waals surface area contributed by atoms with Crippen LogP contribution in [0.1, 0.15) is 32.1 Å². The zero-order chi connectivity index (χ0) is 13.5. The third-order valence-electron chi connectivity index (χ3n) is 5.01. The molecule has 1 heterocycles.